The summed E-state index contributed by atoms with van der Waals surface area (Å²) < 4.78 is 30.3. The van der Waals surface area contributed by atoms with Gasteiger partial charge in [-0.05, 0) is 17.7 Å². The molecule has 7 heteroatoms. The number of rotatable bonds is 3. The maximum Gasteiger partial charge on any atom is 0.411 e. The molecule has 0 aromatic heterocycles. The van der Waals surface area contributed by atoms with Crippen LogP contribution in [-0.2, 0) is 16.1 Å². The lowest BCUT2D eigenvalue weighted by Crippen LogP contribution is -2.38. The summed E-state index contributed by atoms with van der Waals surface area (Å²) in [5.41, 5.74) is 0.291. The predicted molar refractivity (Wildman–Crippen MR) is 54.7 cm³/mol. The molecule has 1 aromatic rings. The second-order valence-electron chi connectivity index (χ2n) is 3.81. The summed E-state index contributed by atoms with van der Waals surface area (Å²) in [6.45, 7) is -0.398. The van der Waals surface area contributed by atoms with Crippen LogP contribution in [0.1, 0.15) is 5.56 Å². The first kappa shape index (κ1) is 12.3. The number of carboxylic acid groups (broad SMARTS) is 1. The van der Waals surface area contributed by atoms with Crippen LogP contribution in [-0.4, -0.2) is 34.7 Å². The van der Waals surface area contributed by atoms with E-state index in [0.717, 1.165) is 17.0 Å². The molecule has 0 saturated carbocycles. The first-order valence-electron chi connectivity index (χ1n) is 5.09. The lowest BCUT2D eigenvalue weighted by atomic mass is 10.2. The Bertz CT molecular complexity index is 506. The summed E-state index contributed by atoms with van der Waals surface area (Å²) in [6, 6.07) is 2.01. The molecule has 0 spiro atoms. The molecule has 0 radical (unpaired) electrons. The maximum atomic E-state index is 13.0. The van der Waals surface area contributed by atoms with Gasteiger partial charge < -0.3 is 9.84 Å². The normalized spacial score (nSPS) is 18.9. The Balaban J connectivity index is 2.18. The average molecular weight is 257 g/mol. The minimum Gasteiger partial charge on any atom is -0.480 e. The van der Waals surface area contributed by atoms with E-state index in [9.17, 15) is 18.4 Å². The van der Waals surface area contributed by atoms with Gasteiger partial charge in [0.25, 0.3) is 0 Å². The third kappa shape index (κ3) is 2.24. The van der Waals surface area contributed by atoms with E-state index in [1.165, 1.54) is 6.07 Å². The summed E-state index contributed by atoms with van der Waals surface area (Å²) in [7, 11) is 0. The van der Waals surface area contributed by atoms with Crippen LogP contribution in [0.25, 0.3) is 0 Å². The van der Waals surface area contributed by atoms with Crippen LogP contribution in [0, 0.1) is 11.6 Å². The van der Waals surface area contributed by atoms with E-state index in [0.29, 0.717) is 5.56 Å². The number of aliphatic carboxylic acids is 1. The van der Waals surface area contributed by atoms with Gasteiger partial charge in [-0.2, -0.15) is 0 Å². The molecule has 18 heavy (non-hydrogen) atoms. The van der Waals surface area contributed by atoms with Crippen molar-refractivity contribution in [1.82, 2.24) is 4.90 Å². The van der Waals surface area contributed by atoms with Crippen LogP contribution < -0.4 is 0 Å². The number of benzene rings is 1. The molecule has 5 nitrogen and oxygen atoms in total. The van der Waals surface area contributed by atoms with Gasteiger partial charge >= 0.3 is 12.1 Å². The van der Waals surface area contributed by atoms with Crippen LogP contribution in [0.5, 0.6) is 0 Å². The fraction of sp³-hybridized carbons (Fsp3) is 0.273. The van der Waals surface area contributed by atoms with E-state index in [4.69, 9.17) is 5.11 Å². The second-order valence-corrected chi connectivity index (χ2v) is 3.81. The van der Waals surface area contributed by atoms with Crippen molar-refractivity contribution < 1.29 is 28.2 Å². The number of amides is 1. The lowest BCUT2D eigenvalue weighted by Gasteiger charge is -2.17. The minimum atomic E-state index is -1.21. The zero-order valence-corrected chi connectivity index (χ0v) is 9.10. The van der Waals surface area contributed by atoms with Crippen LogP contribution in [0.3, 0.4) is 0 Å². The van der Waals surface area contributed by atoms with Crippen LogP contribution in [0.4, 0.5) is 13.6 Å². The highest BCUT2D eigenvalue weighted by atomic mass is 19.2. The number of carbonyl (C=O) groups excluding carboxylic acids is 1. The molecule has 1 saturated heterocycles. The van der Waals surface area contributed by atoms with Crippen molar-refractivity contribution >= 4 is 12.1 Å². The van der Waals surface area contributed by atoms with E-state index < -0.39 is 29.7 Å². The number of ether oxygens (including phenoxy) is 1. The maximum absolute atomic E-state index is 13.0. The van der Waals surface area contributed by atoms with E-state index in [1.54, 1.807) is 0 Å². The number of hydrogen-bond donors (Lipinski definition) is 1. The molecule has 2 rings (SSSR count). The van der Waals surface area contributed by atoms with Gasteiger partial charge in [0.15, 0.2) is 17.7 Å². The van der Waals surface area contributed by atoms with Gasteiger partial charge in [-0.1, -0.05) is 6.07 Å². The number of nitrogens with zero attached hydrogens (tertiary/aromatic N) is 1. The van der Waals surface area contributed by atoms with Crippen molar-refractivity contribution in [2.45, 2.75) is 12.6 Å². The van der Waals surface area contributed by atoms with Gasteiger partial charge in [-0.3, -0.25) is 4.90 Å². The molecular formula is C11H9F2NO4. The second kappa shape index (κ2) is 4.59. The summed E-state index contributed by atoms with van der Waals surface area (Å²) in [4.78, 5) is 23.1. The number of halogens is 2. The van der Waals surface area contributed by atoms with Crippen molar-refractivity contribution in [3.8, 4) is 0 Å². The largest absolute Gasteiger partial charge is 0.480 e. The predicted octanol–water partition coefficient (Wildman–Crippen LogP) is 1.37. The van der Waals surface area contributed by atoms with Crippen molar-refractivity contribution in [2.24, 2.45) is 0 Å². The summed E-state index contributed by atoms with van der Waals surface area (Å²) in [5, 5.41) is 8.87. The van der Waals surface area contributed by atoms with Crippen LogP contribution in [0.2, 0.25) is 0 Å². The standard InChI is InChI=1S/C11H9F2NO4/c12-7-2-1-6(3-8(7)13)4-14-9(10(15)16)5-18-11(14)17/h1-3,9H,4-5H2,(H,15,16). The highest BCUT2D eigenvalue weighted by Gasteiger charge is 2.38. The Morgan fingerprint density at radius 3 is 2.78 bits per heavy atom. The zero-order valence-electron chi connectivity index (χ0n) is 9.10. The molecule has 1 atom stereocenters. The molecule has 0 aliphatic carbocycles. The Morgan fingerprint density at radius 2 is 2.17 bits per heavy atom. The summed E-state index contributed by atoms with van der Waals surface area (Å²) in [6.07, 6.45) is -0.785. The zero-order chi connectivity index (χ0) is 13.3. The monoisotopic (exact) mass is 257 g/mol. The average Bonchev–Trinajstić information content (AvgIpc) is 2.66. The molecule has 1 aliphatic rings. The number of hydrogen-bond acceptors (Lipinski definition) is 3. The van der Waals surface area contributed by atoms with E-state index in [2.05, 4.69) is 4.74 Å². The SMILES string of the molecule is O=C(O)C1COC(=O)N1Cc1ccc(F)c(F)c1. The van der Waals surface area contributed by atoms with Gasteiger partial charge in [-0.25, -0.2) is 18.4 Å². The quantitative estimate of drug-likeness (QED) is 0.888. The van der Waals surface area contributed by atoms with Gasteiger partial charge in [0.1, 0.15) is 6.61 Å². The smallest absolute Gasteiger partial charge is 0.411 e. The topological polar surface area (TPSA) is 66.8 Å². The van der Waals surface area contributed by atoms with Gasteiger partial charge in [0.05, 0.1) is 6.54 Å². The molecule has 1 aliphatic heterocycles. The van der Waals surface area contributed by atoms with Crippen LogP contribution in [0.15, 0.2) is 18.2 Å². The van der Waals surface area contributed by atoms with Gasteiger partial charge in [-0.15, -0.1) is 0 Å². The number of carboxylic acids is 1. The highest BCUT2D eigenvalue weighted by Crippen LogP contribution is 2.18. The molecule has 0 bridgehead atoms. The molecule has 1 N–H and O–H groups in total. The highest BCUT2D eigenvalue weighted by molar-refractivity contribution is 5.82. The van der Waals surface area contributed by atoms with Crippen molar-refractivity contribution in [1.29, 1.82) is 0 Å². The molecule has 96 valence electrons. The Labute approximate surface area is 101 Å². The first-order valence-corrected chi connectivity index (χ1v) is 5.09. The van der Waals surface area contributed by atoms with Crippen molar-refractivity contribution in [2.75, 3.05) is 6.61 Å². The lowest BCUT2D eigenvalue weighted by molar-refractivity contribution is -0.141. The summed E-state index contributed by atoms with van der Waals surface area (Å²) in [5.74, 6) is -3.26. The molecule has 1 amide bonds. The van der Waals surface area contributed by atoms with Crippen molar-refractivity contribution in [3.05, 3.63) is 35.4 Å². The summed E-state index contributed by atoms with van der Waals surface area (Å²) >= 11 is 0. The van der Waals surface area contributed by atoms with Gasteiger partial charge in [0.2, 0.25) is 0 Å². The van der Waals surface area contributed by atoms with E-state index >= 15 is 0 Å². The Morgan fingerprint density at radius 1 is 1.44 bits per heavy atom. The Hall–Kier alpha value is -2.18. The molecule has 1 fully saturated rings. The molecule has 1 unspecified atom stereocenters. The fourth-order valence-electron chi connectivity index (χ4n) is 1.66. The van der Waals surface area contributed by atoms with E-state index in [-0.39, 0.29) is 13.2 Å². The Kier molecular flexibility index (Phi) is 3.14. The number of cyclic esters (lactones) is 1. The number of carbonyl (C=O) groups is 2. The third-order valence-corrected chi connectivity index (χ3v) is 2.60. The van der Waals surface area contributed by atoms with Gasteiger partial charge in [0, 0.05) is 0 Å². The molecule has 1 aromatic carbocycles. The van der Waals surface area contributed by atoms with Crippen LogP contribution >= 0.6 is 0 Å². The minimum absolute atomic E-state index is 0.146. The fourth-order valence-corrected chi connectivity index (χ4v) is 1.66. The first-order chi connectivity index (χ1) is 8.49. The third-order valence-electron chi connectivity index (χ3n) is 2.60. The molecular weight excluding hydrogens is 248 g/mol. The molecule has 1 heterocycles. The van der Waals surface area contributed by atoms with E-state index in [1.807, 2.05) is 0 Å². The van der Waals surface area contributed by atoms with Crippen molar-refractivity contribution in [3.63, 3.8) is 0 Å².